The summed E-state index contributed by atoms with van der Waals surface area (Å²) in [7, 11) is 0. The molecule has 1 aromatic rings. The van der Waals surface area contributed by atoms with Crippen molar-refractivity contribution in [2.45, 2.75) is 64.3 Å². The van der Waals surface area contributed by atoms with Crippen molar-refractivity contribution >= 4 is 0 Å². The normalized spacial score (nSPS) is 17.5. The highest BCUT2D eigenvalue weighted by Gasteiger charge is 2.39. The molecule has 0 radical (unpaired) electrons. The molecule has 3 N–H and O–H groups in total. The second-order valence-corrected chi connectivity index (χ2v) is 6.42. The van der Waals surface area contributed by atoms with Crippen molar-refractivity contribution in [3.8, 4) is 5.75 Å². The minimum absolute atomic E-state index is 0.0588. The van der Waals surface area contributed by atoms with Crippen LogP contribution in [-0.4, -0.2) is 10.6 Å². The average Bonchev–Trinajstić information content (AvgIpc) is 2.98. The third kappa shape index (κ3) is 2.54. The molecule has 1 fully saturated rings. The van der Waals surface area contributed by atoms with E-state index in [0.717, 1.165) is 30.4 Å². The molecule has 1 aliphatic rings. The Kier molecular flexibility index (Phi) is 3.41. The van der Waals surface area contributed by atoms with Crippen LogP contribution in [0.25, 0.3) is 0 Å². The molecule has 2 heteroatoms. The molecule has 0 bridgehead atoms. The second kappa shape index (κ2) is 4.58. The van der Waals surface area contributed by atoms with Gasteiger partial charge in [0, 0.05) is 5.54 Å². The summed E-state index contributed by atoms with van der Waals surface area (Å²) >= 11 is 0. The van der Waals surface area contributed by atoms with Gasteiger partial charge < -0.3 is 10.8 Å². The molecule has 0 amide bonds. The number of aromatic hydroxyl groups is 1. The Labute approximate surface area is 110 Å². The average molecular weight is 247 g/mol. The standard InChI is InChI=1S/C16H25NO/c1-10(2)12-5-6-13(11(3)4)15(18)14(12)9-16(17)7-8-16/h5-6,10-11,18H,7-9,17H2,1-4H3. The molecule has 1 aliphatic carbocycles. The molecule has 0 saturated heterocycles. The molecule has 0 spiro atoms. The van der Waals surface area contributed by atoms with Crippen LogP contribution in [0.4, 0.5) is 0 Å². The fourth-order valence-electron chi connectivity index (χ4n) is 2.55. The summed E-state index contributed by atoms with van der Waals surface area (Å²) in [5.74, 6) is 1.25. The van der Waals surface area contributed by atoms with Gasteiger partial charge in [0.2, 0.25) is 0 Å². The van der Waals surface area contributed by atoms with Crippen LogP contribution in [0.2, 0.25) is 0 Å². The zero-order valence-corrected chi connectivity index (χ0v) is 12.0. The third-order valence-corrected chi connectivity index (χ3v) is 4.02. The molecule has 0 aromatic heterocycles. The summed E-state index contributed by atoms with van der Waals surface area (Å²) in [6.07, 6.45) is 2.97. The molecule has 0 atom stereocenters. The van der Waals surface area contributed by atoms with E-state index in [1.807, 2.05) is 0 Å². The van der Waals surface area contributed by atoms with Gasteiger partial charge >= 0.3 is 0 Å². The van der Waals surface area contributed by atoms with Gasteiger partial charge in [-0.1, -0.05) is 39.8 Å². The van der Waals surface area contributed by atoms with E-state index in [0.29, 0.717) is 17.6 Å². The van der Waals surface area contributed by atoms with Gasteiger partial charge in [-0.3, -0.25) is 0 Å². The van der Waals surface area contributed by atoms with Gasteiger partial charge in [0.05, 0.1) is 0 Å². The maximum absolute atomic E-state index is 10.5. The molecule has 0 aliphatic heterocycles. The van der Waals surface area contributed by atoms with E-state index in [9.17, 15) is 5.11 Å². The largest absolute Gasteiger partial charge is 0.507 e. The van der Waals surface area contributed by atoms with Crippen molar-refractivity contribution in [1.29, 1.82) is 0 Å². The van der Waals surface area contributed by atoms with Crippen molar-refractivity contribution in [2.75, 3.05) is 0 Å². The van der Waals surface area contributed by atoms with Gasteiger partial charge in [0.1, 0.15) is 5.75 Å². The van der Waals surface area contributed by atoms with Crippen LogP contribution >= 0.6 is 0 Å². The highest BCUT2D eigenvalue weighted by Crippen LogP contribution is 2.42. The number of hydrogen-bond donors (Lipinski definition) is 2. The Morgan fingerprint density at radius 1 is 1.11 bits per heavy atom. The SMILES string of the molecule is CC(C)c1ccc(C(C)C)c(CC2(N)CC2)c1O. The summed E-state index contributed by atoms with van der Waals surface area (Å²) in [4.78, 5) is 0. The molecule has 2 nitrogen and oxygen atoms in total. The number of benzene rings is 1. The Hall–Kier alpha value is -1.02. The first-order valence-corrected chi connectivity index (χ1v) is 6.97. The molecule has 0 heterocycles. The zero-order valence-electron chi connectivity index (χ0n) is 12.0. The monoisotopic (exact) mass is 247 g/mol. The molecule has 1 saturated carbocycles. The van der Waals surface area contributed by atoms with Gasteiger partial charge in [0.15, 0.2) is 0 Å². The van der Waals surface area contributed by atoms with Crippen molar-refractivity contribution in [3.63, 3.8) is 0 Å². The van der Waals surface area contributed by atoms with Crippen LogP contribution < -0.4 is 5.73 Å². The molecule has 0 unspecified atom stereocenters. The summed E-state index contributed by atoms with van der Waals surface area (Å²) in [5.41, 5.74) is 9.54. The molecular formula is C16H25NO. The lowest BCUT2D eigenvalue weighted by Gasteiger charge is -2.21. The van der Waals surface area contributed by atoms with Crippen molar-refractivity contribution in [3.05, 3.63) is 28.8 Å². The Morgan fingerprint density at radius 2 is 1.61 bits per heavy atom. The van der Waals surface area contributed by atoms with Crippen LogP contribution in [-0.2, 0) is 6.42 Å². The predicted octanol–water partition coefficient (Wildman–Crippen LogP) is 3.67. The maximum atomic E-state index is 10.5. The second-order valence-electron chi connectivity index (χ2n) is 6.42. The van der Waals surface area contributed by atoms with E-state index in [1.165, 1.54) is 5.56 Å². The summed E-state index contributed by atoms with van der Waals surface area (Å²) in [6.45, 7) is 8.57. The molecule has 2 rings (SSSR count). The number of rotatable bonds is 4. The zero-order chi connectivity index (χ0) is 13.5. The smallest absolute Gasteiger partial charge is 0.122 e. The van der Waals surface area contributed by atoms with E-state index < -0.39 is 0 Å². The van der Waals surface area contributed by atoms with Gasteiger partial charge in [0.25, 0.3) is 0 Å². The summed E-state index contributed by atoms with van der Waals surface area (Å²) < 4.78 is 0. The molecular weight excluding hydrogens is 222 g/mol. The first-order chi connectivity index (χ1) is 8.34. The number of nitrogens with two attached hydrogens (primary N) is 1. The highest BCUT2D eigenvalue weighted by molar-refractivity contribution is 5.49. The minimum atomic E-state index is -0.0588. The Morgan fingerprint density at radius 3 is 2.06 bits per heavy atom. The van der Waals surface area contributed by atoms with Gasteiger partial charge in [-0.2, -0.15) is 0 Å². The number of phenolic OH excluding ortho intramolecular Hbond substituents is 1. The molecule has 18 heavy (non-hydrogen) atoms. The van der Waals surface area contributed by atoms with E-state index in [4.69, 9.17) is 5.73 Å². The van der Waals surface area contributed by atoms with Crippen LogP contribution in [0.5, 0.6) is 5.75 Å². The molecule has 1 aromatic carbocycles. The fraction of sp³-hybridized carbons (Fsp3) is 0.625. The minimum Gasteiger partial charge on any atom is -0.507 e. The number of phenols is 1. The highest BCUT2D eigenvalue weighted by atomic mass is 16.3. The predicted molar refractivity (Wildman–Crippen MR) is 76.1 cm³/mol. The van der Waals surface area contributed by atoms with E-state index in [-0.39, 0.29) is 5.54 Å². The first-order valence-electron chi connectivity index (χ1n) is 6.97. The summed E-state index contributed by atoms with van der Waals surface area (Å²) in [5, 5.41) is 10.5. The van der Waals surface area contributed by atoms with Crippen molar-refractivity contribution < 1.29 is 5.11 Å². The van der Waals surface area contributed by atoms with Crippen molar-refractivity contribution in [2.24, 2.45) is 5.73 Å². The van der Waals surface area contributed by atoms with E-state index in [2.05, 4.69) is 39.8 Å². The van der Waals surface area contributed by atoms with Crippen LogP contribution in [0.3, 0.4) is 0 Å². The Balaban J connectivity index is 2.46. The lowest BCUT2D eigenvalue weighted by molar-refractivity contribution is 0.451. The lowest BCUT2D eigenvalue weighted by atomic mass is 9.87. The number of hydrogen-bond acceptors (Lipinski definition) is 2. The maximum Gasteiger partial charge on any atom is 0.122 e. The third-order valence-electron chi connectivity index (χ3n) is 4.02. The molecule has 100 valence electrons. The van der Waals surface area contributed by atoms with Crippen LogP contribution in [0.1, 0.15) is 69.1 Å². The van der Waals surface area contributed by atoms with Crippen molar-refractivity contribution in [1.82, 2.24) is 0 Å². The quantitative estimate of drug-likeness (QED) is 0.852. The van der Waals surface area contributed by atoms with Crippen LogP contribution in [0.15, 0.2) is 12.1 Å². The first kappa shape index (κ1) is 13.4. The van der Waals surface area contributed by atoms with Gasteiger partial charge in [-0.25, -0.2) is 0 Å². The summed E-state index contributed by atoms with van der Waals surface area (Å²) in [6, 6.07) is 4.23. The van der Waals surface area contributed by atoms with E-state index in [1.54, 1.807) is 0 Å². The topological polar surface area (TPSA) is 46.2 Å². The van der Waals surface area contributed by atoms with E-state index >= 15 is 0 Å². The Bertz CT molecular complexity index is 445. The fourth-order valence-corrected chi connectivity index (χ4v) is 2.55. The lowest BCUT2D eigenvalue weighted by Crippen LogP contribution is -2.25. The van der Waals surface area contributed by atoms with Gasteiger partial charge in [-0.15, -0.1) is 0 Å². The van der Waals surface area contributed by atoms with Crippen LogP contribution in [0, 0.1) is 0 Å². The van der Waals surface area contributed by atoms with Gasteiger partial charge in [-0.05, 0) is 47.8 Å².